The molecule has 0 fully saturated rings. The molecule has 0 saturated heterocycles. The van der Waals surface area contributed by atoms with Crippen LogP contribution in [0, 0.1) is 11.7 Å². The Kier molecular flexibility index (Phi) is 5.59. The van der Waals surface area contributed by atoms with Crippen molar-refractivity contribution in [3.05, 3.63) is 35.1 Å². The lowest BCUT2D eigenvalue weighted by molar-refractivity contribution is -0.159. The van der Waals surface area contributed by atoms with Crippen LogP contribution in [0.1, 0.15) is 45.2 Å². The van der Waals surface area contributed by atoms with Crippen molar-refractivity contribution in [2.75, 3.05) is 0 Å². The second kappa shape index (κ2) is 6.67. The Balaban J connectivity index is 2.66. The normalized spacial score (nSPS) is 13.8. The van der Waals surface area contributed by atoms with Crippen molar-refractivity contribution in [3.8, 4) is 0 Å². The van der Waals surface area contributed by atoms with Crippen LogP contribution in [0.4, 0.5) is 17.6 Å². The number of aryl methyl sites for hydroxylation is 1. The van der Waals surface area contributed by atoms with Gasteiger partial charge in [-0.2, -0.15) is 13.2 Å². The molecule has 0 aliphatic rings. The van der Waals surface area contributed by atoms with E-state index in [-0.39, 0.29) is 5.97 Å². The number of rotatable bonds is 4. The first-order chi connectivity index (χ1) is 9.90. The molecule has 0 bridgehead atoms. The summed E-state index contributed by atoms with van der Waals surface area (Å²) in [6, 6.07) is 2.82. The molecule has 6 heteroatoms. The van der Waals surface area contributed by atoms with Gasteiger partial charge in [0, 0.05) is 0 Å². The molecule has 1 atom stereocenters. The maximum Gasteiger partial charge on any atom is 0.419 e. The van der Waals surface area contributed by atoms with E-state index in [2.05, 4.69) is 0 Å². The first-order valence-electron chi connectivity index (χ1n) is 6.98. The number of alkyl halides is 3. The predicted octanol–water partition coefficient (Wildman–Crippen LogP) is 4.75. The van der Waals surface area contributed by atoms with Crippen molar-refractivity contribution in [1.29, 1.82) is 0 Å². The van der Waals surface area contributed by atoms with Gasteiger partial charge in [-0.15, -0.1) is 0 Å². The molecular weight excluding hydrogens is 300 g/mol. The third kappa shape index (κ3) is 5.66. The molecule has 0 radical (unpaired) electrons. The molecule has 0 heterocycles. The Hall–Kier alpha value is -1.59. The molecule has 22 heavy (non-hydrogen) atoms. The number of esters is 1. The predicted molar refractivity (Wildman–Crippen MR) is 74.7 cm³/mol. The second-order valence-electron chi connectivity index (χ2n) is 6.29. The fraction of sp³-hybridized carbons (Fsp3) is 0.562. The maximum atomic E-state index is 13.4. The van der Waals surface area contributed by atoms with Crippen LogP contribution in [0.25, 0.3) is 0 Å². The molecule has 0 aromatic heterocycles. The summed E-state index contributed by atoms with van der Waals surface area (Å²) in [7, 11) is 0. The molecule has 0 unspecified atom stereocenters. The van der Waals surface area contributed by atoms with Crippen molar-refractivity contribution in [2.45, 2.75) is 52.3 Å². The van der Waals surface area contributed by atoms with Crippen LogP contribution >= 0.6 is 0 Å². The average Bonchev–Trinajstić information content (AvgIpc) is 2.32. The number of halogens is 4. The Morgan fingerprint density at radius 3 is 2.27 bits per heavy atom. The van der Waals surface area contributed by atoms with E-state index in [1.54, 1.807) is 27.7 Å². The number of hydrogen-bond donors (Lipinski definition) is 0. The zero-order valence-corrected chi connectivity index (χ0v) is 13.1. The fourth-order valence-electron chi connectivity index (χ4n) is 1.85. The lowest BCUT2D eigenvalue weighted by Gasteiger charge is -2.22. The molecule has 0 saturated carbocycles. The van der Waals surface area contributed by atoms with Crippen LogP contribution in [0.15, 0.2) is 18.2 Å². The third-order valence-electron chi connectivity index (χ3n) is 3.01. The van der Waals surface area contributed by atoms with Crippen molar-refractivity contribution in [2.24, 2.45) is 5.92 Å². The van der Waals surface area contributed by atoms with Gasteiger partial charge >= 0.3 is 12.1 Å². The van der Waals surface area contributed by atoms with Gasteiger partial charge in [0.2, 0.25) is 0 Å². The van der Waals surface area contributed by atoms with Crippen molar-refractivity contribution >= 4 is 5.97 Å². The van der Waals surface area contributed by atoms with Crippen molar-refractivity contribution < 1.29 is 27.1 Å². The summed E-state index contributed by atoms with van der Waals surface area (Å²) in [6.07, 6.45) is -4.03. The number of ether oxygens (including phenoxy) is 1. The van der Waals surface area contributed by atoms with Gasteiger partial charge < -0.3 is 4.74 Å². The highest BCUT2D eigenvalue weighted by atomic mass is 19.4. The lowest BCUT2D eigenvalue weighted by Crippen LogP contribution is -2.27. The first-order valence-corrected chi connectivity index (χ1v) is 6.98. The Morgan fingerprint density at radius 2 is 1.82 bits per heavy atom. The summed E-state index contributed by atoms with van der Waals surface area (Å²) in [6.45, 7) is 6.93. The van der Waals surface area contributed by atoms with E-state index < -0.39 is 29.1 Å². The van der Waals surface area contributed by atoms with E-state index in [0.29, 0.717) is 18.4 Å². The number of benzene rings is 1. The molecule has 1 aromatic rings. The SMILES string of the molecule is C[C@@H](CCc1ccc(C(F)(F)F)c(F)c1)C(=O)OC(C)(C)C. The Labute approximate surface area is 127 Å². The van der Waals surface area contributed by atoms with Crippen LogP contribution in [0.3, 0.4) is 0 Å². The topological polar surface area (TPSA) is 26.3 Å². The zero-order chi connectivity index (χ0) is 17.1. The van der Waals surface area contributed by atoms with Gasteiger partial charge in [-0.05, 0) is 51.3 Å². The minimum Gasteiger partial charge on any atom is -0.460 e. The summed E-state index contributed by atoms with van der Waals surface area (Å²) >= 11 is 0. The molecule has 1 rings (SSSR count). The Morgan fingerprint density at radius 1 is 1.23 bits per heavy atom. The highest BCUT2D eigenvalue weighted by Gasteiger charge is 2.33. The van der Waals surface area contributed by atoms with Crippen molar-refractivity contribution in [1.82, 2.24) is 0 Å². The minimum absolute atomic E-state index is 0.301. The van der Waals surface area contributed by atoms with Crippen LogP contribution in [-0.4, -0.2) is 11.6 Å². The van der Waals surface area contributed by atoms with Gasteiger partial charge in [-0.1, -0.05) is 13.0 Å². The van der Waals surface area contributed by atoms with E-state index >= 15 is 0 Å². The molecule has 0 amide bonds. The largest absolute Gasteiger partial charge is 0.460 e. The van der Waals surface area contributed by atoms with E-state index in [9.17, 15) is 22.4 Å². The summed E-state index contributed by atoms with van der Waals surface area (Å²) in [4.78, 5) is 11.8. The third-order valence-corrected chi connectivity index (χ3v) is 3.01. The molecule has 124 valence electrons. The standard InChI is InChI=1S/C16H20F4O2/c1-10(14(21)22-15(2,3)4)5-6-11-7-8-12(13(17)9-11)16(18,19)20/h7-10H,5-6H2,1-4H3/t10-/m0/s1. The summed E-state index contributed by atoms with van der Waals surface area (Å²) in [5.74, 6) is -2.08. The second-order valence-corrected chi connectivity index (χ2v) is 6.29. The summed E-state index contributed by atoms with van der Waals surface area (Å²) in [5, 5.41) is 0. The van der Waals surface area contributed by atoms with Crippen LogP contribution < -0.4 is 0 Å². The number of carbonyl (C=O) groups excluding carboxylic acids is 1. The Bertz CT molecular complexity index is 530. The quantitative estimate of drug-likeness (QED) is 0.591. The van der Waals surface area contributed by atoms with Crippen LogP contribution in [-0.2, 0) is 22.1 Å². The van der Waals surface area contributed by atoms with Gasteiger partial charge in [0.15, 0.2) is 0 Å². The van der Waals surface area contributed by atoms with E-state index in [4.69, 9.17) is 4.74 Å². The fourth-order valence-corrected chi connectivity index (χ4v) is 1.85. The summed E-state index contributed by atoms with van der Waals surface area (Å²) in [5.41, 5.74) is -1.46. The highest BCUT2D eigenvalue weighted by molar-refractivity contribution is 5.72. The van der Waals surface area contributed by atoms with Gasteiger partial charge in [0.05, 0.1) is 11.5 Å². The lowest BCUT2D eigenvalue weighted by atomic mass is 9.99. The van der Waals surface area contributed by atoms with Gasteiger partial charge in [-0.3, -0.25) is 4.79 Å². The number of carbonyl (C=O) groups is 1. The van der Waals surface area contributed by atoms with Crippen molar-refractivity contribution in [3.63, 3.8) is 0 Å². The molecule has 2 nitrogen and oxygen atoms in total. The van der Waals surface area contributed by atoms with Gasteiger partial charge in [-0.25, -0.2) is 4.39 Å². The van der Waals surface area contributed by atoms with E-state index in [1.165, 1.54) is 6.07 Å². The molecule has 0 aliphatic heterocycles. The molecule has 0 aliphatic carbocycles. The molecular formula is C16H20F4O2. The molecule has 1 aromatic carbocycles. The molecule has 0 N–H and O–H groups in total. The summed E-state index contributed by atoms with van der Waals surface area (Å²) < 4.78 is 56.0. The zero-order valence-electron chi connectivity index (χ0n) is 13.1. The molecule has 0 spiro atoms. The first kappa shape index (κ1) is 18.5. The monoisotopic (exact) mass is 320 g/mol. The van der Waals surface area contributed by atoms with E-state index in [0.717, 1.165) is 12.1 Å². The van der Waals surface area contributed by atoms with Gasteiger partial charge in [0.25, 0.3) is 0 Å². The van der Waals surface area contributed by atoms with Crippen LogP contribution in [0.2, 0.25) is 0 Å². The smallest absolute Gasteiger partial charge is 0.419 e. The number of hydrogen-bond acceptors (Lipinski definition) is 2. The minimum atomic E-state index is -4.70. The maximum absolute atomic E-state index is 13.4. The van der Waals surface area contributed by atoms with E-state index in [1.807, 2.05) is 0 Å². The average molecular weight is 320 g/mol. The van der Waals surface area contributed by atoms with Gasteiger partial charge in [0.1, 0.15) is 11.4 Å². The van der Waals surface area contributed by atoms with Crippen LogP contribution in [0.5, 0.6) is 0 Å². The highest BCUT2D eigenvalue weighted by Crippen LogP contribution is 2.31.